The Morgan fingerprint density at radius 1 is 1.30 bits per heavy atom. The Labute approximate surface area is 192 Å². The van der Waals surface area contributed by atoms with Gasteiger partial charge in [0.15, 0.2) is 6.61 Å². The topological polar surface area (TPSA) is 117 Å². The van der Waals surface area contributed by atoms with Crippen LogP contribution in [-0.2, 0) is 13.0 Å². The molecule has 0 bridgehead atoms. The zero-order chi connectivity index (χ0) is 24.3. The molecule has 178 valence electrons. The van der Waals surface area contributed by atoms with Crippen molar-refractivity contribution in [1.29, 1.82) is 5.26 Å². The third-order valence-electron chi connectivity index (χ3n) is 6.41. The van der Waals surface area contributed by atoms with E-state index in [0.29, 0.717) is 35.6 Å². The van der Waals surface area contributed by atoms with Crippen LogP contribution in [0.15, 0.2) is 18.7 Å². The van der Waals surface area contributed by atoms with Gasteiger partial charge in [0.25, 0.3) is 5.92 Å². The molecule has 2 N–H and O–H groups in total. The minimum absolute atomic E-state index is 0.0596. The SMILES string of the molecule is CC(F)(F)COc1ncncc1CNc1ncc(C#N)c(C[C@@H]2CC[C@](C)(O)C(C)(C)C2)n1. The maximum Gasteiger partial charge on any atom is 0.278 e. The van der Waals surface area contributed by atoms with Gasteiger partial charge in [-0.3, -0.25) is 0 Å². The zero-order valence-corrected chi connectivity index (χ0v) is 19.4. The molecule has 0 radical (unpaired) electrons. The van der Waals surface area contributed by atoms with E-state index in [9.17, 15) is 19.1 Å². The summed E-state index contributed by atoms with van der Waals surface area (Å²) in [4.78, 5) is 16.6. The Bertz CT molecular complexity index is 1020. The lowest BCUT2D eigenvalue weighted by Gasteiger charge is -2.47. The van der Waals surface area contributed by atoms with Crippen molar-refractivity contribution in [3.8, 4) is 11.9 Å². The molecular formula is C23H30F2N6O2. The van der Waals surface area contributed by atoms with Crippen LogP contribution < -0.4 is 10.1 Å². The minimum Gasteiger partial charge on any atom is -0.471 e. The molecule has 0 saturated heterocycles. The maximum atomic E-state index is 13.1. The molecule has 3 rings (SSSR count). The summed E-state index contributed by atoms with van der Waals surface area (Å²) in [5.74, 6) is -2.33. The number of aliphatic hydroxyl groups is 1. The third kappa shape index (κ3) is 6.32. The van der Waals surface area contributed by atoms with Crippen LogP contribution in [0.2, 0.25) is 0 Å². The number of rotatable bonds is 8. The number of alkyl halides is 2. The Kier molecular flexibility index (Phi) is 7.12. The van der Waals surface area contributed by atoms with E-state index < -0.39 is 18.1 Å². The van der Waals surface area contributed by atoms with Gasteiger partial charge in [-0.25, -0.2) is 28.7 Å². The van der Waals surface area contributed by atoms with Crippen LogP contribution in [0, 0.1) is 22.7 Å². The second-order valence-corrected chi connectivity index (χ2v) is 9.70. The Balaban J connectivity index is 1.71. The van der Waals surface area contributed by atoms with Gasteiger partial charge in [-0.1, -0.05) is 13.8 Å². The zero-order valence-electron chi connectivity index (χ0n) is 19.4. The molecule has 10 heteroatoms. The highest BCUT2D eigenvalue weighted by Crippen LogP contribution is 2.46. The maximum absolute atomic E-state index is 13.1. The predicted octanol–water partition coefficient (Wildman–Crippen LogP) is 3.90. The van der Waals surface area contributed by atoms with Crippen LogP contribution in [0.25, 0.3) is 0 Å². The van der Waals surface area contributed by atoms with Gasteiger partial charge in [0, 0.05) is 19.7 Å². The quantitative estimate of drug-likeness (QED) is 0.609. The van der Waals surface area contributed by atoms with E-state index >= 15 is 0 Å². The number of halogens is 2. The number of aromatic nitrogens is 4. The predicted molar refractivity (Wildman–Crippen MR) is 118 cm³/mol. The molecule has 1 aliphatic rings. The average Bonchev–Trinajstić information content (AvgIpc) is 2.73. The number of hydrogen-bond acceptors (Lipinski definition) is 8. The average molecular weight is 461 g/mol. The van der Waals surface area contributed by atoms with Crippen LogP contribution >= 0.6 is 0 Å². The van der Waals surface area contributed by atoms with E-state index in [0.717, 1.165) is 19.8 Å². The summed E-state index contributed by atoms with van der Waals surface area (Å²) in [7, 11) is 0. The summed E-state index contributed by atoms with van der Waals surface area (Å²) in [6, 6.07) is 2.15. The molecule has 0 amide bonds. The van der Waals surface area contributed by atoms with E-state index in [1.54, 1.807) is 0 Å². The van der Waals surface area contributed by atoms with Gasteiger partial charge in [0.1, 0.15) is 12.4 Å². The number of anilines is 1. The molecule has 2 heterocycles. The molecule has 0 spiro atoms. The van der Waals surface area contributed by atoms with Gasteiger partial charge in [-0.15, -0.1) is 0 Å². The van der Waals surface area contributed by atoms with Gasteiger partial charge < -0.3 is 15.2 Å². The fourth-order valence-corrected chi connectivity index (χ4v) is 4.03. The molecule has 33 heavy (non-hydrogen) atoms. The molecule has 0 aromatic carbocycles. The summed E-state index contributed by atoms with van der Waals surface area (Å²) >= 11 is 0. The van der Waals surface area contributed by atoms with Gasteiger partial charge in [0.05, 0.1) is 28.6 Å². The molecule has 0 unspecified atom stereocenters. The lowest BCUT2D eigenvalue weighted by molar-refractivity contribution is -0.0958. The van der Waals surface area contributed by atoms with E-state index in [2.05, 4.69) is 45.2 Å². The van der Waals surface area contributed by atoms with Crippen LogP contribution in [-0.4, -0.2) is 43.2 Å². The second-order valence-electron chi connectivity index (χ2n) is 9.70. The summed E-state index contributed by atoms with van der Waals surface area (Å²) in [5.41, 5.74) is 0.568. The highest BCUT2D eigenvalue weighted by Gasteiger charge is 2.44. The fourth-order valence-electron chi connectivity index (χ4n) is 4.03. The summed E-state index contributed by atoms with van der Waals surface area (Å²) in [6.45, 7) is 6.15. The minimum atomic E-state index is -2.98. The standard InChI is InChI=1S/C23H30F2N6O2/c1-21(2)8-15(5-6-22(21,3)32)7-18-16(9-26)11-28-20(31-18)29-12-17-10-27-14-30-19(17)33-13-23(4,24)25/h10-11,14-15,32H,5-8,12-13H2,1-4H3,(H,28,29,31)/t15-,22-/m0/s1. The molecule has 1 saturated carbocycles. The van der Waals surface area contributed by atoms with Crippen molar-refractivity contribution in [2.45, 2.75) is 71.4 Å². The van der Waals surface area contributed by atoms with Gasteiger partial charge in [-0.2, -0.15) is 5.26 Å². The van der Waals surface area contributed by atoms with E-state index in [1.807, 2.05) is 6.92 Å². The molecular weight excluding hydrogens is 430 g/mol. The fraction of sp³-hybridized carbons (Fsp3) is 0.609. The van der Waals surface area contributed by atoms with E-state index in [1.165, 1.54) is 18.7 Å². The summed E-state index contributed by atoms with van der Waals surface area (Å²) in [6.07, 6.45) is 7.14. The molecule has 8 nitrogen and oxygen atoms in total. The monoisotopic (exact) mass is 460 g/mol. The van der Waals surface area contributed by atoms with Crippen molar-refractivity contribution in [2.24, 2.45) is 11.3 Å². The van der Waals surface area contributed by atoms with Crippen molar-refractivity contribution >= 4 is 5.95 Å². The lowest BCUT2D eigenvalue weighted by Crippen LogP contribution is -2.47. The van der Waals surface area contributed by atoms with Crippen molar-refractivity contribution in [1.82, 2.24) is 19.9 Å². The van der Waals surface area contributed by atoms with Crippen LogP contribution in [0.4, 0.5) is 14.7 Å². The Morgan fingerprint density at radius 2 is 2.06 bits per heavy atom. The molecule has 2 aromatic heterocycles. The van der Waals surface area contributed by atoms with Crippen LogP contribution in [0.3, 0.4) is 0 Å². The van der Waals surface area contributed by atoms with Crippen LogP contribution in [0.1, 0.15) is 63.8 Å². The highest BCUT2D eigenvalue weighted by atomic mass is 19.3. The van der Waals surface area contributed by atoms with E-state index in [4.69, 9.17) is 4.74 Å². The van der Waals surface area contributed by atoms with E-state index in [-0.39, 0.29) is 23.8 Å². The first-order valence-corrected chi connectivity index (χ1v) is 10.9. The number of nitrogens with one attached hydrogen (secondary N) is 1. The summed E-state index contributed by atoms with van der Waals surface area (Å²) < 4.78 is 31.4. The lowest BCUT2D eigenvalue weighted by atomic mass is 9.62. The third-order valence-corrected chi connectivity index (χ3v) is 6.41. The normalized spacial score (nSPS) is 22.4. The van der Waals surface area contributed by atoms with Crippen molar-refractivity contribution < 1.29 is 18.6 Å². The molecule has 0 aliphatic heterocycles. The number of ether oxygens (including phenoxy) is 1. The molecule has 2 aromatic rings. The Hall–Kier alpha value is -2.93. The van der Waals surface area contributed by atoms with Crippen molar-refractivity contribution in [2.75, 3.05) is 11.9 Å². The smallest absolute Gasteiger partial charge is 0.278 e. The molecule has 1 aliphatic carbocycles. The second kappa shape index (κ2) is 9.51. The van der Waals surface area contributed by atoms with Crippen molar-refractivity contribution in [3.63, 3.8) is 0 Å². The Morgan fingerprint density at radius 3 is 2.73 bits per heavy atom. The summed E-state index contributed by atoms with van der Waals surface area (Å²) in [5, 5.41) is 23.2. The van der Waals surface area contributed by atoms with Crippen molar-refractivity contribution in [3.05, 3.63) is 35.5 Å². The van der Waals surface area contributed by atoms with Gasteiger partial charge in [-0.05, 0) is 43.9 Å². The molecule has 2 atom stereocenters. The molecule has 1 fully saturated rings. The highest BCUT2D eigenvalue weighted by molar-refractivity contribution is 5.38. The van der Waals surface area contributed by atoms with Crippen LogP contribution in [0.5, 0.6) is 5.88 Å². The number of nitrogens with zero attached hydrogens (tertiary/aromatic N) is 5. The number of nitriles is 1. The first kappa shape index (κ1) is 24.7. The largest absolute Gasteiger partial charge is 0.471 e. The first-order chi connectivity index (χ1) is 15.4. The number of hydrogen-bond donors (Lipinski definition) is 2. The van der Waals surface area contributed by atoms with Gasteiger partial charge in [0.2, 0.25) is 11.8 Å². The first-order valence-electron chi connectivity index (χ1n) is 10.9. The van der Waals surface area contributed by atoms with Gasteiger partial charge >= 0.3 is 0 Å².